The van der Waals surface area contributed by atoms with Crippen LogP contribution in [0, 0.1) is 0 Å². The Morgan fingerprint density at radius 1 is 1.08 bits per heavy atom. The number of thioether (sulfide) groups is 1. The van der Waals surface area contributed by atoms with E-state index in [1.165, 1.54) is 20.3 Å². The average molecular weight is 555 g/mol. The number of nitrogens with zero attached hydrogens (tertiary/aromatic N) is 3. The number of likely N-dealkylation sites (N-methyl/N-ethyl adjacent to an activating group) is 1. The summed E-state index contributed by atoms with van der Waals surface area (Å²) < 4.78 is 61.7. The summed E-state index contributed by atoms with van der Waals surface area (Å²) in [6.45, 7) is 1.07. The van der Waals surface area contributed by atoms with Gasteiger partial charge < -0.3 is 28.8 Å². The minimum atomic E-state index is -4.64. The molecule has 0 atom stereocenters. The molecule has 1 aromatic carbocycles. The van der Waals surface area contributed by atoms with Crippen LogP contribution >= 0.6 is 11.8 Å². The van der Waals surface area contributed by atoms with Crippen LogP contribution in [0.15, 0.2) is 46.0 Å². The number of carbonyl (C=O) groups is 1. The number of alkyl halides is 3. The second-order valence-corrected chi connectivity index (χ2v) is 9.00. The number of amides is 1. The first-order valence-corrected chi connectivity index (χ1v) is 12.5. The topological polar surface area (TPSA) is 99.0 Å². The van der Waals surface area contributed by atoms with E-state index in [9.17, 15) is 18.0 Å². The summed E-state index contributed by atoms with van der Waals surface area (Å²) in [5.41, 5.74) is -0.116. The SMILES string of the molecule is COCCNC(=O)c1ccc(CSc2nc(N(C)CCc3ccc(OC)c(OC)c3)cc(C(F)(F)F)n2)o1. The highest BCUT2D eigenvalue weighted by atomic mass is 32.2. The molecule has 0 saturated heterocycles. The van der Waals surface area contributed by atoms with E-state index in [-0.39, 0.29) is 22.5 Å². The van der Waals surface area contributed by atoms with Crippen LogP contribution in [0.2, 0.25) is 0 Å². The predicted octanol–water partition coefficient (Wildman–Crippen LogP) is 4.45. The molecule has 9 nitrogen and oxygen atoms in total. The van der Waals surface area contributed by atoms with Gasteiger partial charge in [0.25, 0.3) is 5.91 Å². The van der Waals surface area contributed by atoms with Gasteiger partial charge in [0, 0.05) is 33.3 Å². The number of rotatable bonds is 13. The maximum Gasteiger partial charge on any atom is 0.433 e. The molecule has 0 fully saturated rings. The summed E-state index contributed by atoms with van der Waals surface area (Å²) in [5, 5.41) is 2.57. The Bertz CT molecular complexity index is 1220. The zero-order chi connectivity index (χ0) is 27.7. The Balaban J connectivity index is 1.70. The fourth-order valence-electron chi connectivity index (χ4n) is 3.33. The molecule has 1 N–H and O–H groups in total. The highest BCUT2D eigenvalue weighted by Gasteiger charge is 2.34. The Morgan fingerprint density at radius 3 is 2.53 bits per heavy atom. The zero-order valence-electron chi connectivity index (χ0n) is 21.4. The smallest absolute Gasteiger partial charge is 0.433 e. The number of hydrogen-bond donors (Lipinski definition) is 1. The summed E-state index contributed by atoms with van der Waals surface area (Å²) >= 11 is 0.981. The second kappa shape index (κ2) is 13.4. The molecule has 3 rings (SSSR count). The average Bonchev–Trinajstić information content (AvgIpc) is 3.39. The molecular weight excluding hydrogens is 525 g/mol. The van der Waals surface area contributed by atoms with Crippen molar-refractivity contribution in [3.05, 3.63) is 59.2 Å². The molecule has 38 heavy (non-hydrogen) atoms. The van der Waals surface area contributed by atoms with Crippen LogP contribution in [-0.4, -0.2) is 63.9 Å². The number of methoxy groups -OCH3 is 3. The van der Waals surface area contributed by atoms with Crippen molar-refractivity contribution in [2.45, 2.75) is 23.5 Å². The Labute approximate surface area is 222 Å². The van der Waals surface area contributed by atoms with Gasteiger partial charge >= 0.3 is 6.18 Å². The van der Waals surface area contributed by atoms with Crippen LogP contribution in [-0.2, 0) is 23.1 Å². The van der Waals surface area contributed by atoms with Crippen molar-refractivity contribution >= 4 is 23.5 Å². The Morgan fingerprint density at radius 2 is 1.84 bits per heavy atom. The number of carbonyl (C=O) groups excluding carboxylic acids is 1. The molecule has 2 aromatic heterocycles. The lowest BCUT2D eigenvalue weighted by Crippen LogP contribution is -2.26. The summed E-state index contributed by atoms with van der Waals surface area (Å²) in [5.74, 6) is 1.52. The van der Waals surface area contributed by atoms with Crippen molar-refractivity contribution in [1.29, 1.82) is 0 Å². The van der Waals surface area contributed by atoms with Crippen molar-refractivity contribution in [2.24, 2.45) is 0 Å². The fraction of sp³-hybridized carbons (Fsp3) is 0.400. The Hall–Kier alpha value is -3.45. The molecule has 13 heteroatoms. The third kappa shape index (κ3) is 8.02. The van der Waals surface area contributed by atoms with E-state index in [1.54, 1.807) is 31.2 Å². The minimum Gasteiger partial charge on any atom is -0.493 e. The van der Waals surface area contributed by atoms with Gasteiger partial charge in [-0.05, 0) is 36.2 Å². The summed E-state index contributed by atoms with van der Waals surface area (Å²) in [4.78, 5) is 21.7. The molecule has 0 unspecified atom stereocenters. The van der Waals surface area contributed by atoms with Crippen molar-refractivity contribution in [3.8, 4) is 11.5 Å². The second-order valence-electron chi connectivity index (χ2n) is 8.06. The number of halogens is 3. The van der Waals surface area contributed by atoms with Gasteiger partial charge in [0.05, 0.1) is 26.6 Å². The molecule has 1 amide bonds. The molecule has 0 aliphatic rings. The first kappa shape index (κ1) is 29.1. The van der Waals surface area contributed by atoms with Crippen molar-refractivity contribution < 1.29 is 36.6 Å². The molecule has 0 aliphatic carbocycles. The van der Waals surface area contributed by atoms with Gasteiger partial charge in [-0.15, -0.1) is 0 Å². The van der Waals surface area contributed by atoms with Gasteiger partial charge in [0.1, 0.15) is 11.6 Å². The van der Waals surface area contributed by atoms with Gasteiger partial charge in [0.15, 0.2) is 28.1 Å². The number of aromatic nitrogens is 2. The van der Waals surface area contributed by atoms with Gasteiger partial charge in [-0.25, -0.2) is 9.97 Å². The molecule has 0 aliphatic heterocycles. The van der Waals surface area contributed by atoms with Crippen LogP contribution in [0.1, 0.15) is 27.6 Å². The summed E-state index contributed by atoms with van der Waals surface area (Å²) in [6.07, 6.45) is -4.11. The van der Waals surface area contributed by atoms with E-state index >= 15 is 0 Å². The molecule has 206 valence electrons. The summed E-state index contributed by atoms with van der Waals surface area (Å²) in [7, 11) is 6.26. The Kier molecular flexibility index (Phi) is 10.2. The standard InChI is InChI=1S/C25H29F3N4O5S/c1-32(11-9-16-5-7-18(35-3)20(13-16)36-4)22-14-21(25(26,27)28)30-24(31-22)38-15-17-6-8-19(37-17)23(33)29-10-12-34-2/h5-8,13-14H,9-12,15H2,1-4H3,(H,29,33). The first-order valence-electron chi connectivity index (χ1n) is 11.5. The highest BCUT2D eigenvalue weighted by molar-refractivity contribution is 7.98. The van der Waals surface area contributed by atoms with Crippen molar-refractivity contribution in [1.82, 2.24) is 15.3 Å². The van der Waals surface area contributed by atoms with E-state index in [1.807, 2.05) is 12.1 Å². The van der Waals surface area contributed by atoms with Crippen LogP contribution in [0.25, 0.3) is 0 Å². The van der Waals surface area contributed by atoms with E-state index < -0.39 is 17.8 Å². The highest BCUT2D eigenvalue weighted by Crippen LogP contribution is 2.32. The van der Waals surface area contributed by atoms with E-state index in [2.05, 4.69) is 15.3 Å². The normalized spacial score (nSPS) is 11.3. The number of hydrogen-bond acceptors (Lipinski definition) is 9. The first-order chi connectivity index (χ1) is 18.1. The largest absolute Gasteiger partial charge is 0.493 e. The summed E-state index contributed by atoms with van der Waals surface area (Å²) in [6, 6.07) is 9.48. The molecule has 0 saturated carbocycles. The van der Waals surface area contributed by atoms with Gasteiger partial charge in [-0.2, -0.15) is 13.2 Å². The lowest BCUT2D eigenvalue weighted by molar-refractivity contribution is -0.141. The van der Waals surface area contributed by atoms with Crippen molar-refractivity contribution in [2.75, 3.05) is 53.0 Å². The van der Waals surface area contributed by atoms with E-state index in [0.717, 1.165) is 23.4 Å². The molecular formula is C25H29F3N4O5S. The molecule has 2 heterocycles. The van der Waals surface area contributed by atoms with Crippen LogP contribution < -0.4 is 19.7 Å². The van der Waals surface area contributed by atoms with Crippen LogP contribution in [0.5, 0.6) is 11.5 Å². The third-order valence-electron chi connectivity index (χ3n) is 5.38. The molecule has 0 bridgehead atoms. The quantitative estimate of drug-likeness (QED) is 0.187. The number of furan rings is 1. The number of ether oxygens (including phenoxy) is 3. The van der Waals surface area contributed by atoms with Crippen LogP contribution in [0.4, 0.5) is 19.0 Å². The fourth-order valence-corrected chi connectivity index (χ4v) is 4.08. The van der Waals surface area contributed by atoms with Crippen LogP contribution in [0.3, 0.4) is 0 Å². The van der Waals surface area contributed by atoms with Crippen molar-refractivity contribution in [3.63, 3.8) is 0 Å². The predicted molar refractivity (Wildman–Crippen MR) is 136 cm³/mol. The lowest BCUT2D eigenvalue weighted by Gasteiger charge is -2.20. The van der Waals surface area contributed by atoms with Gasteiger partial charge in [-0.1, -0.05) is 17.8 Å². The van der Waals surface area contributed by atoms with E-state index in [4.69, 9.17) is 18.6 Å². The number of anilines is 1. The number of nitrogens with one attached hydrogen (secondary N) is 1. The minimum absolute atomic E-state index is 0.0599. The van der Waals surface area contributed by atoms with Gasteiger partial charge in [-0.3, -0.25) is 4.79 Å². The van der Waals surface area contributed by atoms with Gasteiger partial charge in [0.2, 0.25) is 0 Å². The molecule has 3 aromatic rings. The monoisotopic (exact) mass is 554 g/mol. The zero-order valence-corrected chi connectivity index (χ0v) is 22.2. The maximum absolute atomic E-state index is 13.6. The molecule has 0 radical (unpaired) electrons. The third-order valence-corrected chi connectivity index (χ3v) is 6.25. The van der Waals surface area contributed by atoms with E-state index in [0.29, 0.717) is 43.4 Å². The lowest BCUT2D eigenvalue weighted by atomic mass is 10.1. The maximum atomic E-state index is 13.6. The number of benzene rings is 1. The molecule has 0 spiro atoms.